The molecule has 3 aromatic rings. The second-order valence-corrected chi connectivity index (χ2v) is 16.8. The predicted molar refractivity (Wildman–Crippen MR) is 184 cm³/mol. The van der Waals surface area contributed by atoms with Crippen molar-refractivity contribution in [2.24, 2.45) is 0 Å². The lowest BCUT2D eigenvalue weighted by Gasteiger charge is -2.33. The molecule has 3 aromatic carbocycles. The van der Waals surface area contributed by atoms with Crippen LogP contribution in [0.4, 0.5) is 10.5 Å². The van der Waals surface area contributed by atoms with Crippen LogP contribution < -0.4 is 4.72 Å². The predicted octanol–water partition coefficient (Wildman–Crippen LogP) is 6.31. The molecule has 0 saturated carbocycles. The van der Waals surface area contributed by atoms with Crippen LogP contribution in [0.2, 0.25) is 5.02 Å². The number of carbonyl (C=O) groups excluding carboxylic acids is 1. The fourth-order valence-electron chi connectivity index (χ4n) is 5.11. The first-order valence-electron chi connectivity index (χ1n) is 15.6. The Kier molecular flexibility index (Phi) is 12.4. The molecule has 0 bridgehead atoms. The van der Waals surface area contributed by atoms with Gasteiger partial charge in [-0.25, -0.2) is 26.4 Å². The van der Waals surface area contributed by atoms with E-state index in [0.717, 1.165) is 54.8 Å². The van der Waals surface area contributed by atoms with Crippen molar-refractivity contribution in [2.45, 2.75) is 74.2 Å². The van der Waals surface area contributed by atoms with Crippen LogP contribution in [-0.2, 0) is 40.5 Å². The first-order valence-corrected chi connectivity index (χ1v) is 19.4. The summed E-state index contributed by atoms with van der Waals surface area (Å²) in [6.07, 6.45) is 2.27. The molecule has 1 saturated heterocycles. The quantitative estimate of drug-likeness (QED) is 0.203. The largest absolute Gasteiger partial charge is 0.478 e. The van der Waals surface area contributed by atoms with E-state index in [-0.39, 0.29) is 28.6 Å². The number of carbonyl (C=O) groups is 2. The van der Waals surface area contributed by atoms with Gasteiger partial charge < -0.3 is 24.2 Å². The number of nitrogens with zero attached hydrogens (tertiary/aromatic N) is 1. The highest BCUT2D eigenvalue weighted by atomic mass is 35.5. The number of hydrogen-bond donors (Lipinski definition) is 2. The topological polar surface area (TPSA) is 166 Å². The molecule has 0 radical (unpaired) electrons. The van der Waals surface area contributed by atoms with Crippen molar-refractivity contribution in [1.82, 2.24) is 4.90 Å². The number of ether oxygens (including phenoxy) is 3. The van der Waals surface area contributed by atoms with Crippen LogP contribution in [0.1, 0.15) is 67.6 Å². The summed E-state index contributed by atoms with van der Waals surface area (Å²) in [7, 11) is -7.97. The third kappa shape index (κ3) is 11.2. The Morgan fingerprint density at radius 3 is 2.31 bits per heavy atom. The molecule has 1 amide bonds. The van der Waals surface area contributed by atoms with E-state index < -0.39 is 55.5 Å². The third-order valence-electron chi connectivity index (χ3n) is 7.44. The number of aromatic carboxylic acids is 1. The zero-order valence-corrected chi connectivity index (χ0v) is 30.1. The van der Waals surface area contributed by atoms with Crippen molar-refractivity contribution in [3.05, 3.63) is 88.4 Å². The summed E-state index contributed by atoms with van der Waals surface area (Å²) in [6.45, 7) is 6.26. The lowest BCUT2D eigenvalue weighted by Crippen LogP contribution is -2.41. The maximum Gasteiger partial charge on any atom is 0.410 e. The Hall–Kier alpha value is -3.69. The van der Waals surface area contributed by atoms with E-state index in [9.17, 15) is 31.5 Å². The van der Waals surface area contributed by atoms with Crippen molar-refractivity contribution in [2.75, 3.05) is 30.7 Å². The van der Waals surface area contributed by atoms with Gasteiger partial charge in [0.25, 0.3) is 0 Å². The van der Waals surface area contributed by atoms with Crippen molar-refractivity contribution in [3.8, 4) is 0 Å². The molecule has 2 N–H and O–H groups in total. The molecule has 0 aromatic heterocycles. The highest BCUT2D eigenvalue weighted by Gasteiger charge is 2.29. The Morgan fingerprint density at radius 2 is 1.71 bits per heavy atom. The molecule has 1 aliphatic heterocycles. The van der Waals surface area contributed by atoms with Gasteiger partial charge in [-0.3, -0.25) is 4.72 Å². The summed E-state index contributed by atoms with van der Waals surface area (Å²) in [5, 5.41) is 10.1. The molecule has 2 atom stereocenters. The van der Waals surface area contributed by atoms with E-state index in [1.807, 2.05) is 12.1 Å². The number of halogens is 1. The Balaban J connectivity index is 1.55. The number of carboxylic acid groups (broad SMARTS) is 1. The molecule has 1 heterocycles. The summed E-state index contributed by atoms with van der Waals surface area (Å²) in [5.74, 6) is -1.50. The number of sulfone groups is 1. The van der Waals surface area contributed by atoms with Gasteiger partial charge in [0, 0.05) is 18.2 Å². The molecule has 15 heteroatoms. The minimum Gasteiger partial charge on any atom is -0.478 e. The highest BCUT2D eigenvalue weighted by molar-refractivity contribution is 7.92. The summed E-state index contributed by atoms with van der Waals surface area (Å²) in [5.41, 5.74) is -0.0316. The number of amides is 1. The second kappa shape index (κ2) is 15.9. The Bertz CT molecular complexity index is 1850. The number of carboxylic acids is 1. The van der Waals surface area contributed by atoms with E-state index in [0.29, 0.717) is 18.1 Å². The Labute approximate surface area is 292 Å². The SMILES string of the molecule is CC(C)(C)OC(=O)N(CCc1ccc(S(=O)(=O)c2ccc(NS(C)(=O)=O)c(C(=O)O)c2)cc1)C[C@@H](OC1CCCCO1)c1cccc(Cl)c1. The van der Waals surface area contributed by atoms with Crippen LogP contribution in [0, 0.1) is 0 Å². The molecule has 266 valence electrons. The summed E-state index contributed by atoms with van der Waals surface area (Å²) < 4.78 is 70.1. The van der Waals surface area contributed by atoms with Gasteiger partial charge in [0.1, 0.15) is 11.7 Å². The first-order chi connectivity index (χ1) is 22.9. The van der Waals surface area contributed by atoms with E-state index in [4.69, 9.17) is 25.8 Å². The first kappa shape index (κ1) is 38.1. The van der Waals surface area contributed by atoms with Crippen LogP contribution in [0.25, 0.3) is 0 Å². The highest BCUT2D eigenvalue weighted by Crippen LogP contribution is 2.29. The van der Waals surface area contributed by atoms with Crippen LogP contribution in [0.3, 0.4) is 0 Å². The number of rotatable bonds is 13. The lowest BCUT2D eigenvalue weighted by molar-refractivity contribution is -0.192. The van der Waals surface area contributed by atoms with Crippen molar-refractivity contribution >= 4 is 49.2 Å². The van der Waals surface area contributed by atoms with Crippen LogP contribution >= 0.6 is 11.6 Å². The summed E-state index contributed by atoms with van der Waals surface area (Å²) in [4.78, 5) is 26.4. The van der Waals surface area contributed by atoms with Gasteiger partial charge in [-0.05, 0) is 100 Å². The zero-order valence-electron chi connectivity index (χ0n) is 27.7. The van der Waals surface area contributed by atoms with E-state index in [1.165, 1.54) is 12.1 Å². The molecule has 49 heavy (non-hydrogen) atoms. The van der Waals surface area contributed by atoms with Crippen molar-refractivity contribution < 1.29 is 45.7 Å². The van der Waals surface area contributed by atoms with E-state index >= 15 is 0 Å². The van der Waals surface area contributed by atoms with Gasteiger partial charge in [-0.1, -0.05) is 35.9 Å². The molecule has 4 rings (SSSR count). The lowest BCUT2D eigenvalue weighted by atomic mass is 10.1. The average molecular weight is 737 g/mol. The maximum absolute atomic E-state index is 13.5. The fourth-order valence-corrected chi connectivity index (χ4v) is 7.17. The third-order valence-corrected chi connectivity index (χ3v) is 10.0. The molecule has 1 aliphatic rings. The normalized spacial score (nSPS) is 16.1. The minimum atomic E-state index is -4.17. The fraction of sp³-hybridized carbons (Fsp3) is 0.412. The monoisotopic (exact) mass is 736 g/mol. The standard InChI is InChI=1S/C34H41ClN2O10S2/c1-34(2,3)47-33(40)37(22-30(24-8-7-9-25(35)20-24)46-31-10-5-6-19-45-31)18-17-23-11-13-26(14-12-23)49(43,44)27-15-16-29(36-48(4,41)42)28(21-27)32(38)39/h7-9,11-16,20-21,30-31,36H,5-6,10,17-19,22H2,1-4H3,(H,38,39)/t30-,31?/m1/s1. The van der Waals surface area contributed by atoms with Crippen molar-refractivity contribution in [1.29, 1.82) is 0 Å². The molecule has 12 nitrogen and oxygen atoms in total. The molecule has 0 aliphatic carbocycles. The summed E-state index contributed by atoms with van der Waals surface area (Å²) in [6, 6.07) is 16.4. The zero-order chi connectivity index (χ0) is 36.0. The van der Waals surface area contributed by atoms with Gasteiger partial charge in [-0.2, -0.15) is 0 Å². The number of hydrogen-bond acceptors (Lipinski definition) is 9. The smallest absolute Gasteiger partial charge is 0.410 e. The number of sulfonamides is 1. The molecule has 0 spiro atoms. The van der Waals surface area contributed by atoms with E-state index in [1.54, 1.807) is 49.9 Å². The van der Waals surface area contributed by atoms with Crippen LogP contribution in [0.15, 0.2) is 76.5 Å². The molecular weight excluding hydrogens is 696 g/mol. The molecule has 1 fully saturated rings. The number of nitrogens with one attached hydrogen (secondary N) is 1. The van der Waals surface area contributed by atoms with Crippen LogP contribution in [-0.4, -0.2) is 76.7 Å². The average Bonchev–Trinajstić information content (AvgIpc) is 3.01. The molecule has 1 unspecified atom stereocenters. The van der Waals surface area contributed by atoms with Gasteiger partial charge in [0.15, 0.2) is 6.29 Å². The maximum atomic E-state index is 13.5. The summed E-state index contributed by atoms with van der Waals surface area (Å²) >= 11 is 6.31. The van der Waals surface area contributed by atoms with E-state index in [2.05, 4.69) is 4.72 Å². The van der Waals surface area contributed by atoms with Crippen molar-refractivity contribution in [3.63, 3.8) is 0 Å². The number of anilines is 1. The number of benzene rings is 3. The van der Waals surface area contributed by atoms with Gasteiger partial charge >= 0.3 is 12.1 Å². The minimum absolute atomic E-state index is 0.0951. The van der Waals surface area contributed by atoms with Crippen LogP contribution in [0.5, 0.6) is 0 Å². The Morgan fingerprint density at radius 1 is 1.02 bits per heavy atom. The molecular formula is C34H41ClN2O10S2. The van der Waals surface area contributed by atoms with Gasteiger partial charge in [0.05, 0.1) is 33.8 Å². The van der Waals surface area contributed by atoms with Gasteiger partial charge in [-0.15, -0.1) is 0 Å². The van der Waals surface area contributed by atoms with Gasteiger partial charge in [0.2, 0.25) is 19.9 Å². The second-order valence-electron chi connectivity index (χ2n) is 12.7.